The van der Waals surface area contributed by atoms with E-state index in [0.717, 1.165) is 0 Å². The average Bonchev–Trinajstić information content (AvgIpc) is 2.47. The molecule has 1 rings (SSSR count). The first-order chi connectivity index (χ1) is 6.79. The fourth-order valence-corrected chi connectivity index (χ4v) is 1.18. The predicted octanol–water partition coefficient (Wildman–Crippen LogP) is 0.600. The van der Waals surface area contributed by atoms with E-state index in [1.807, 2.05) is 0 Å². The van der Waals surface area contributed by atoms with Crippen molar-refractivity contribution in [2.45, 2.75) is 26.4 Å². The van der Waals surface area contributed by atoms with Crippen molar-refractivity contribution in [1.82, 2.24) is 4.90 Å². The van der Waals surface area contributed by atoms with Gasteiger partial charge in [-0.15, -0.1) is 0 Å². The number of amides is 1. The molecule has 0 aliphatic carbocycles. The quantitative estimate of drug-likeness (QED) is 0.658. The third-order valence-corrected chi connectivity index (χ3v) is 1.85. The van der Waals surface area contributed by atoms with Crippen molar-refractivity contribution in [3.8, 4) is 0 Å². The van der Waals surface area contributed by atoms with E-state index in [0.29, 0.717) is 6.54 Å². The summed E-state index contributed by atoms with van der Waals surface area (Å²) in [4.78, 5) is 23.5. The van der Waals surface area contributed by atoms with Crippen LogP contribution in [0.15, 0.2) is 11.6 Å². The molecule has 1 N–H and O–H groups in total. The third kappa shape index (κ3) is 4.29. The van der Waals surface area contributed by atoms with E-state index in [2.05, 4.69) is 0 Å². The molecule has 0 spiro atoms. The van der Waals surface area contributed by atoms with Crippen LogP contribution in [-0.4, -0.2) is 59.6 Å². The Labute approximate surface area is 107 Å². The van der Waals surface area contributed by atoms with Gasteiger partial charge in [0.2, 0.25) is 0 Å². The molecule has 1 heterocycles. The second kappa shape index (κ2) is 5.42. The number of carbonyl (C=O) groups is 2. The van der Waals surface area contributed by atoms with Crippen molar-refractivity contribution in [2.75, 3.05) is 13.1 Å². The van der Waals surface area contributed by atoms with Gasteiger partial charge in [0.15, 0.2) is 0 Å². The average molecular weight is 221 g/mol. The monoisotopic (exact) mass is 221 g/mol. The second-order valence-corrected chi connectivity index (χ2v) is 4.40. The van der Waals surface area contributed by atoms with E-state index >= 15 is 0 Å². The van der Waals surface area contributed by atoms with Crippen molar-refractivity contribution in [3.63, 3.8) is 0 Å². The molecule has 0 fully saturated rings. The van der Waals surface area contributed by atoms with E-state index in [1.165, 1.54) is 11.0 Å². The summed E-state index contributed by atoms with van der Waals surface area (Å²) in [5.74, 6) is -0.985. The molecule has 16 heavy (non-hydrogen) atoms. The van der Waals surface area contributed by atoms with Gasteiger partial charge in [-0.3, -0.25) is 4.90 Å². The van der Waals surface area contributed by atoms with Crippen molar-refractivity contribution in [3.05, 3.63) is 11.6 Å². The number of carboxylic acids is 1. The Morgan fingerprint density at radius 2 is 2.00 bits per heavy atom. The normalized spacial score (nSPS) is 15.2. The first-order valence-electron chi connectivity index (χ1n) is 4.70. The van der Waals surface area contributed by atoms with E-state index in [4.69, 9.17) is 9.84 Å². The maximum atomic E-state index is 11.5. The van der Waals surface area contributed by atoms with Gasteiger partial charge in [0, 0.05) is 6.54 Å². The molecule has 0 saturated carbocycles. The Morgan fingerprint density at radius 3 is 2.38 bits per heavy atom. The fourth-order valence-electron chi connectivity index (χ4n) is 1.18. The number of aliphatic carboxylic acids is 1. The molecule has 0 aromatic rings. The van der Waals surface area contributed by atoms with Gasteiger partial charge in [0.1, 0.15) is 5.60 Å². The predicted molar refractivity (Wildman–Crippen MR) is 60.7 cm³/mol. The minimum absolute atomic E-state index is 0. The number of nitrogens with zero attached hydrogens (tertiary/aromatic N) is 1. The van der Waals surface area contributed by atoms with Crippen molar-refractivity contribution in [2.24, 2.45) is 0 Å². The van der Waals surface area contributed by atoms with Crippen LogP contribution in [-0.2, 0) is 9.53 Å². The molecular weight excluding hydrogens is 205 g/mol. The Balaban J connectivity index is 0.00000225. The Morgan fingerprint density at radius 1 is 1.44 bits per heavy atom. The zero-order valence-corrected chi connectivity index (χ0v) is 9.11. The molecule has 6 heteroatoms. The summed E-state index contributed by atoms with van der Waals surface area (Å²) in [5.41, 5.74) is -0.316. The van der Waals surface area contributed by atoms with Gasteiger partial charge in [0.25, 0.3) is 0 Å². The summed E-state index contributed by atoms with van der Waals surface area (Å²) in [6.45, 7) is 5.73. The molecule has 1 amide bonds. The molecule has 0 radical (unpaired) electrons. The molecule has 0 saturated heterocycles. The van der Waals surface area contributed by atoms with Gasteiger partial charge in [0.05, 0.1) is 12.1 Å². The number of carbonyl (C=O) groups excluding carboxylic acids is 1. The first-order valence-corrected chi connectivity index (χ1v) is 4.70. The van der Waals surface area contributed by atoms with Gasteiger partial charge in [-0.05, 0) is 20.8 Å². The molecule has 1 aliphatic heterocycles. The van der Waals surface area contributed by atoms with Gasteiger partial charge >= 0.3 is 30.9 Å². The van der Waals surface area contributed by atoms with Crippen LogP contribution in [0, 0.1) is 0 Å². The van der Waals surface area contributed by atoms with Crippen LogP contribution in [0.25, 0.3) is 0 Å². The topological polar surface area (TPSA) is 66.8 Å². The van der Waals surface area contributed by atoms with E-state index in [-0.39, 0.29) is 31.0 Å². The summed E-state index contributed by atoms with van der Waals surface area (Å²) >= 11 is 0. The van der Waals surface area contributed by atoms with Crippen LogP contribution >= 0.6 is 0 Å². The zero-order valence-electron chi connectivity index (χ0n) is 9.11. The molecule has 0 aromatic heterocycles. The Hall–Kier alpha value is -0.923. The molecule has 0 atom stereocenters. The molecule has 5 nitrogen and oxygen atoms in total. The summed E-state index contributed by atoms with van der Waals surface area (Å²) < 4.78 is 5.11. The van der Waals surface area contributed by atoms with Crippen LogP contribution in [0.3, 0.4) is 0 Å². The number of hydrogen-bond acceptors (Lipinski definition) is 3. The number of carboxylic acid groups (broad SMARTS) is 1. The third-order valence-electron chi connectivity index (χ3n) is 1.85. The summed E-state index contributed by atoms with van der Waals surface area (Å²) in [5, 5.41) is 8.70. The van der Waals surface area contributed by atoms with Gasteiger partial charge in [-0.2, -0.15) is 0 Å². The Bertz CT molecular complexity index is 319. The summed E-state index contributed by atoms with van der Waals surface area (Å²) in [7, 11) is 0. The van der Waals surface area contributed by atoms with Crippen molar-refractivity contribution >= 4 is 30.9 Å². The number of ether oxygens (including phenoxy) is 1. The number of rotatable bonds is 1. The van der Waals surface area contributed by atoms with E-state index in [9.17, 15) is 9.59 Å². The SMILES string of the molecule is CC(C)(C)OC(=O)N1CC=C(C(=O)O)C1.[LiH]. The van der Waals surface area contributed by atoms with Crippen LogP contribution in [0.4, 0.5) is 4.79 Å². The minimum atomic E-state index is -0.985. The van der Waals surface area contributed by atoms with Gasteiger partial charge in [-0.1, -0.05) is 6.08 Å². The summed E-state index contributed by atoms with van der Waals surface area (Å²) in [6, 6.07) is 0. The molecule has 86 valence electrons. The molecule has 0 unspecified atom stereocenters. The van der Waals surface area contributed by atoms with Gasteiger partial charge in [-0.25, -0.2) is 9.59 Å². The summed E-state index contributed by atoms with van der Waals surface area (Å²) in [6.07, 6.45) is 1.04. The van der Waals surface area contributed by atoms with Crippen molar-refractivity contribution < 1.29 is 19.4 Å². The van der Waals surface area contributed by atoms with Gasteiger partial charge < -0.3 is 9.84 Å². The molecule has 1 aliphatic rings. The molecule has 0 bridgehead atoms. The van der Waals surface area contributed by atoms with Crippen molar-refractivity contribution in [1.29, 1.82) is 0 Å². The molecular formula is C10H16LiNO4. The zero-order chi connectivity index (χ0) is 11.6. The standard InChI is InChI=1S/C10H15NO4.Li.H/c1-10(2,3)15-9(14)11-5-4-7(6-11)8(12)13;;/h4H,5-6H2,1-3H3,(H,12,13);;. The van der Waals surface area contributed by atoms with Crippen LogP contribution in [0.1, 0.15) is 20.8 Å². The second-order valence-electron chi connectivity index (χ2n) is 4.40. The van der Waals surface area contributed by atoms with Crippen LogP contribution < -0.4 is 0 Å². The first kappa shape index (κ1) is 15.1. The van der Waals surface area contributed by atoms with Crippen LogP contribution in [0.5, 0.6) is 0 Å². The van der Waals surface area contributed by atoms with Crippen LogP contribution in [0.2, 0.25) is 0 Å². The molecule has 0 aromatic carbocycles. The van der Waals surface area contributed by atoms with E-state index in [1.54, 1.807) is 20.8 Å². The fraction of sp³-hybridized carbons (Fsp3) is 0.600. The maximum absolute atomic E-state index is 11.5. The number of hydrogen-bond donors (Lipinski definition) is 1. The Kier molecular flexibility index (Phi) is 5.11. The van der Waals surface area contributed by atoms with E-state index < -0.39 is 17.7 Å².